The topological polar surface area (TPSA) is 62.4 Å². The second-order valence-corrected chi connectivity index (χ2v) is 3.69. The lowest BCUT2D eigenvalue weighted by Crippen LogP contribution is -2.55. The maximum Gasteiger partial charge on any atom is 0.314 e. The average molecular weight is 201 g/mol. The van der Waals surface area contributed by atoms with Crippen LogP contribution in [0, 0.1) is 0 Å². The first kappa shape index (κ1) is 11.3. The number of hydrogen-bond acceptors (Lipinski definition) is 3. The molecule has 0 radical (unpaired) electrons. The molecule has 1 aliphatic rings. The molecule has 1 aliphatic heterocycles. The van der Waals surface area contributed by atoms with Crippen molar-refractivity contribution < 1.29 is 9.53 Å². The van der Waals surface area contributed by atoms with E-state index in [0.29, 0.717) is 19.7 Å². The van der Waals surface area contributed by atoms with Crippen molar-refractivity contribution >= 4 is 6.03 Å². The highest BCUT2D eigenvalue weighted by Crippen LogP contribution is 2.10. The molecule has 1 rings (SSSR count). The predicted molar refractivity (Wildman–Crippen MR) is 54.3 cm³/mol. The van der Waals surface area contributed by atoms with Gasteiger partial charge in [0.1, 0.15) is 0 Å². The van der Waals surface area contributed by atoms with E-state index in [9.17, 15) is 4.79 Å². The second kappa shape index (κ2) is 5.17. The zero-order chi connectivity index (χ0) is 10.4. The number of carbonyl (C=O) groups is 1. The molecule has 1 saturated heterocycles. The van der Waals surface area contributed by atoms with Crippen LogP contribution in [0.2, 0.25) is 0 Å². The van der Waals surface area contributed by atoms with Gasteiger partial charge in [0.05, 0.1) is 12.2 Å². The van der Waals surface area contributed by atoms with E-state index < -0.39 is 0 Å². The number of carbonyl (C=O) groups excluding carboxylic acids is 1. The summed E-state index contributed by atoms with van der Waals surface area (Å²) in [4.78, 5) is 11.1. The van der Waals surface area contributed by atoms with Crippen LogP contribution in [0.25, 0.3) is 0 Å². The molecule has 1 atom stereocenters. The molecule has 5 nitrogen and oxygen atoms in total. The minimum Gasteiger partial charge on any atom is -0.371 e. The quantitative estimate of drug-likeness (QED) is 0.586. The summed E-state index contributed by atoms with van der Waals surface area (Å²) in [5, 5.41) is 8.69. The van der Waals surface area contributed by atoms with Crippen molar-refractivity contribution in [2.75, 3.05) is 32.8 Å². The maximum atomic E-state index is 11.1. The van der Waals surface area contributed by atoms with Crippen LogP contribution in [0.3, 0.4) is 0 Å². The van der Waals surface area contributed by atoms with Gasteiger partial charge < -0.3 is 20.7 Å². The van der Waals surface area contributed by atoms with Crippen LogP contribution in [0.4, 0.5) is 4.79 Å². The zero-order valence-electron chi connectivity index (χ0n) is 8.85. The van der Waals surface area contributed by atoms with Crippen molar-refractivity contribution in [3.05, 3.63) is 0 Å². The minimum absolute atomic E-state index is 0.136. The fourth-order valence-electron chi connectivity index (χ4n) is 1.38. The predicted octanol–water partition coefficient (Wildman–Crippen LogP) is -0.316. The molecule has 0 aromatic rings. The summed E-state index contributed by atoms with van der Waals surface area (Å²) in [6, 6.07) is -0.136. The minimum atomic E-state index is -0.274. The Balaban J connectivity index is 2.24. The first-order valence-electron chi connectivity index (χ1n) is 5.03. The Morgan fingerprint density at radius 2 is 2.36 bits per heavy atom. The molecule has 14 heavy (non-hydrogen) atoms. The SMILES string of the molecule is CCNC(=O)NCC1(C)CNCCO1. The summed E-state index contributed by atoms with van der Waals surface area (Å²) in [6.07, 6.45) is 0. The lowest BCUT2D eigenvalue weighted by molar-refractivity contribution is -0.0489. The van der Waals surface area contributed by atoms with E-state index in [-0.39, 0.29) is 11.6 Å². The molecule has 0 saturated carbocycles. The number of ether oxygens (including phenoxy) is 1. The van der Waals surface area contributed by atoms with Gasteiger partial charge in [0, 0.05) is 26.2 Å². The number of rotatable bonds is 3. The molecule has 1 heterocycles. The van der Waals surface area contributed by atoms with Crippen molar-refractivity contribution in [3.63, 3.8) is 0 Å². The molecule has 1 fully saturated rings. The molecule has 3 N–H and O–H groups in total. The maximum absolute atomic E-state index is 11.1. The van der Waals surface area contributed by atoms with E-state index in [0.717, 1.165) is 13.1 Å². The molecule has 0 aliphatic carbocycles. The van der Waals surface area contributed by atoms with Gasteiger partial charge in [-0.2, -0.15) is 0 Å². The van der Waals surface area contributed by atoms with Gasteiger partial charge in [0.15, 0.2) is 0 Å². The van der Waals surface area contributed by atoms with Crippen molar-refractivity contribution in [1.82, 2.24) is 16.0 Å². The van der Waals surface area contributed by atoms with Gasteiger partial charge >= 0.3 is 6.03 Å². The molecule has 2 amide bonds. The summed E-state index contributed by atoms with van der Waals surface area (Å²) >= 11 is 0. The summed E-state index contributed by atoms with van der Waals surface area (Å²) < 4.78 is 5.59. The Bertz CT molecular complexity index is 190. The smallest absolute Gasteiger partial charge is 0.314 e. The number of hydrogen-bond donors (Lipinski definition) is 3. The summed E-state index contributed by atoms with van der Waals surface area (Å²) in [5.74, 6) is 0. The van der Waals surface area contributed by atoms with Gasteiger partial charge in [0.25, 0.3) is 0 Å². The van der Waals surface area contributed by atoms with Crippen LogP contribution in [-0.4, -0.2) is 44.4 Å². The second-order valence-electron chi connectivity index (χ2n) is 3.69. The molecule has 5 heteroatoms. The van der Waals surface area contributed by atoms with Crippen LogP contribution < -0.4 is 16.0 Å². The molecule has 0 spiro atoms. The first-order valence-corrected chi connectivity index (χ1v) is 5.03. The van der Waals surface area contributed by atoms with E-state index >= 15 is 0 Å². The van der Waals surface area contributed by atoms with Gasteiger partial charge in [-0.1, -0.05) is 0 Å². The lowest BCUT2D eigenvalue weighted by Gasteiger charge is -2.34. The van der Waals surface area contributed by atoms with Crippen LogP contribution in [0.5, 0.6) is 0 Å². The summed E-state index contributed by atoms with van der Waals surface area (Å²) in [6.45, 7) is 7.42. The molecule has 0 aromatic heterocycles. The largest absolute Gasteiger partial charge is 0.371 e. The van der Waals surface area contributed by atoms with E-state index in [1.165, 1.54) is 0 Å². The normalized spacial score (nSPS) is 27.0. The Hall–Kier alpha value is -0.810. The molecular formula is C9H19N3O2. The summed E-state index contributed by atoms with van der Waals surface area (Å²) in [5.41, 5.74) is -0.274. The van der Waals surface area contributed by atoms with Gasteiger partial charge in [-0.3, -0.25) is 0 Å². The Morgan fingerprint density at radius 1 is 1.57 bits per heavy atom. The third kappa shape index (κ3) is 3.51. The molecule has 1 unspecified atom stereocenters. The monoisotopic (exact) mass is 201 g/mol. The van der Waals surface area contributed by atoms with E-state index in [2.05, 4.69) is 16.0 Å². The number of morpholine rings is 1. The first-order chi connectivity index (χ1) is 6.66. The fourth-order valence-corrected chi connectivity index (χ4v) is 1.38. The highest BCUT2D eigenvalue weighted by molar-refractivity contribution is 5.73. The van der Waals surface area contributed by atoms with Crippen LogP contribution in [0.1, 0.15) is 13.8 Å². The molecule has 82 valence electrons. The highest BCUT2D eigenvalue weighted by atomic mass is 16.5. The Kier molecular flexibility index (Phi) is 4.16. The van der Waals surface area contributed by atoms with Gasteiger partial charge in [0.2, 0.25) is 0 Å². The van der Waals surface area contributed by atoms with Crippen molar-refractivity contribution in [3.8, 4) is 0 Å². The third-order valence-corrected chi connectivity index (χ3v) is 2.19. The van der Waals surface area contributed by atoms with Gasteiger partial charge in [-0.15, -0.1) is 0 Å². The zero-order valence-corrected chi connectivity index (χ0v) is 8.85. The number of amides is 2. The third-order valence-electron chi connectivity index (χ3n) is 2.19. The van der Waals surface area contributed by atoms with E-state index in [1.54, 1.807) is 0 Å². The van der Waals surface area contributed by atoms with Crippen molar-refractivity contribution in [2.45, 2.75) is 19.4 Å². The molecule has 0 aromatic carbocycles. The van der Waals surface area contributed by atoms with Crippen molar-refractivity contribution in [2.24, 2.45) is 0 Å². The van der Waals surface area contributed by atoms with Crippen molar-refractivity contribution in [1.29, 1.82) is 0 Å². The standard InChI is InChI=1S/C9H19N3O2/c1-3-11-8(13)12-7-9(2)6-10-4-5-14-9/h10H,3-7H2,1-2H3,(H2,11,12,13). The van der Waals surface area contributed by atoms with Gasteiger partial charge in [-0.05, 0) is 13.8 Å². The van der Waals surface area contributed by atoms with Crippen LogP contribution in [-0.2, 0) is 4.74 Å². The number of urea groups is 1. The Labute approximate surface area is 84.6 Å². The van der Waals surface area contributed by atoms with E-state index in [1.807, 2.05) is 13.8 Å². The Morgan fingerprint density at radius 3 is 2.93 bits per heavy atom. The summed E-state index contributed by atoms with van der Waals surface area (Å²) in [7, 11) is 0. The molecular weight excluding hydrogens is 182 g/mol. The molecule has 0 bridgehead atoms. The highest BCUT2D eigenvalue weighted by Gasteiger charge is 2.27. The lowest BCUT2D eigenvalue weighted by atomic mass is 10.1. The van der Waals surface area contributed by atoms with Crippen LogP contribution >= 0.6 is 0 Å². The average Bonchev–Trinajstić information content (AvgIpc) is 2.17. The fraction of sp³-hybridized carbons (Fsp3) is 0.889. The number of nitrogens with one attached hydrogen (secondary N) is 3. The van der Waals surface area contributed by atoms with Gasteiger partial charge in [-0.25, -0.2) is 4.79 Å². The van der Waals surface area contributed by atoms with Crippen LogP contribution in [0.15, 0.2) is 0 Å². The van der Waals surface area contributed by atoms with E-state index in [4.69, 9.17) is 4.74 Å².